The Morgan fingerprint density at radius 3 is 1.94 bits per heavy atom. The second-order valence-electron chi connectivity index (χ2n) is 9.83. The third-order valence-corrected chi connectivity index (χ3v) is 6.39. The van der Waals surface area contributed by atoms with Crippen molar-refractivity contribution in [1.29, 1.82) is 0 Å². The first-order chi connectivity index (χ1) is 14.6. The molecule has 0 aromatic carbocycles. The Morgan fingerprint density at radius 1 is 0.903 bits per heavy atom. The average Bonchev–Trinajstić information content (AvgIpc) is 2.68. The van der Waals surface area contributed by atoms with Gasteiger partial charge in [-0.1, -0.05) is 90.2 Å². The molecule has 2 N–H and O–H groups in total. The zero-order valence-electron chi connectivity index (χ0n) is 20.9. The first-order valence-electron chi connectivity index (χ1n) is 12.3. The lowest BCUT2D eigenvalue weighted by Gasteiger charge is -2.24. The van der Waals surface area contributed by atoms with Gasteiger partial charge in [-0.05, 0) is 12.8 Å². The largest absolute Gasteiger partial charge is 0.472 e. The predicted molar refractivity (Wildman–Crippen MR) is 130 cm³/mol. The van der Waals surface area contributed by atoms with E-state index < -0.39 is 13.9 Å². The summed E-state index contributed by atoms with van der Waals surface area (Å²) in [7, 11) is 1.86. The van der Waals surface area contributed by atoms with Gasteiger partial charge in [-0.15, -0.1) is 0 Å². The molecule has 7 heteroatoms. The molecule has 0 spiro atoms. The van der Waals surface area contributed by atoms with Crippen molar-refractivity contribution >= 4 is 7.82 Å². The van der Waals surface area contributed by atoms with Crippen molar-refractivity contribution in [1.82, 2.24) is 0 Å². The van der Waals surface area contributed by atoms with Crippen molar-refractivity contribution in [3.8, 4) is 0 Å². The zero-order valence-corrected chi connectivity index (χ0v) is 21.8. The molecule has 0 aliphatic heterocycles. The smallest absolute Gasteiger partial charge is 0.389 e. The quantitative estimate of drug-likeness (QED) is 0.0932. The molecule has 0 aromatic rings. The molecule has 0 aliphatic rings. The fraction of sp³-hybridized carbons (Fsp3) is 0.917. The Morgan fingerprint density at radius 2 is 1.42 bits per heavy atom. The normalized spacial score (nSPS) is 16.5. The summed E-state index contributed by atoms with van der Waals surface area (Å²) in [5.41, 5.74) is 0. The minimum absolute atomic E-state index is 0.0257. The zero-order chi connectivity index (χ0) is 23.6. The highest BCUT2D eigenvalue weighted by atomic mass is 31.2. The number of phosphoric ester groups is 1. The fourth-order valence-electron chi connectivity index (χ4n) is 3.13. The molecule has 186 valence electrons. The van der Waals surface area contributed by atoms with Gasteiger partial charge in [-0.25, -0.2) is 4.57 Å². The molecule has 0 heterocycles. The van der Waals surface area contributed by atoms with Crippen LogP contribution in [-0.2, 0) is 13.6 Å². The lowest BCUT2D eigenvalue weighted by Crippen LogP contribution is -2.37. The predicted octanol–water partition coefficient (Wildman–Crippen LogP) is 6.08. The van der Waals surface area contributed by atoms with Gasteiger partial charge in [-0.3, -0.25) is 9.05 Å². The van der Waals surface area contributed by atoms with Crippen LogP contribution in [0.25, 0.3) is 0 Å². The van der Waals surface area contributed by atoms with Crippen LogP contribution in [0, 0.1) is 5.92 Å². The van der Waals surface area contributed by atoms with Crippen molar-refractivity contribution < 1.29 is 28.1 Å². The Balaban J connectivity index is 3.74. The molecular weight excluding hydrogens is 413 g/mol. The summed E-state index contributed by atoms with van der Waals surface area (Å²) < 4.78 is 22.6. The number of allylic oxidation sites excluding steroid dienone is 1. The van der Waals surface area contributed by atoms with E-state index in [4.69, 9.17) is 9.05 Å². The van der Waals surface area contributed by atoms with E-state index in [1.807, 2.05) is 27.2 Å². The molecule has 3 atom stereocenters. The maximum atomic E-state index is 11.9. The van der Waals surface area contributed by atoms with Crippen LogP contribution in [0.15, 0.2) is 12.2 Å². The van der Waals surface area contributed by atoms with Crippen molar-refractivity contribution in [2.45, 2.75) is 97.0 Å². The van der Waals surface area contributed by atoms with E-state index in [1.54, 1.807) is 13.0 Å². The van der Waals surface area contributed by atoms with Gasteiger partial charge in [0.2, 0.25) is 0 Å². The van der Waals surface area contributed by atoms with Gasteiger partial charge in [0, 0.05) is 5.92 Å². The van der Waals surface area contributed by atoms with Gasteiger partial charge in [0.15, 0.2) is 0 Å². The third-order valence-electron chi connectivity index (χ3n) is 5.41. The minimum atomic E-state index is -4.08. The van der Waals surface area contributed by atoms with Crippen LogP contribution in [0.5, 0.6) is 0 Å². The number of unbranched alkanes of at least 4 members (excludes halogenated alkanes) is 11. The number of phosphoric acid groups is 1. The summed E-state index contributed by atoms with van der Waals surface area (Å²) in [5.74, 6) is -0.281. The van der Waals surface area contributed by atoms with Gasteiger partial charge in [-0.2, -0.15) is 0 Å². The maximum Gasteiger partial charge on any atom is 0.472 e. The molecule has 1 unspecified atom stereocenters. The van der Waals surface area contributed by atoms with Crippen molar-refractivity contribution in [2.75, 3.05) is 40.9 Å². The first-order valence-corrected chi connectivity index (χ1v) is 13.8. The van der Waals surface area contributed by atoms with Gasteiger partial charge >= 0.3 is 7.82 Å². The van der Waals surface area contributed by atoms with E-state index in [0.29, 0.717) is 11.0 Å². The highest BCUT2D eigenvalue weighted by Crippen LogP contribution is 2.43. The molecule has 0 saturated carbocycles. The van der Waals surface area contributed by atoms with Gasteiger partial charge in [0.05, 0.1) is 33.9 Å². The van der Waals surface area contributed by atoms with E-state index >= 15 is 0 Å². The topological polar surface area (TPSA) is 76.0 Å². The number of nitrogens with zero attached hydrogens (tertiary/aromatic N) is 1. The molecule has 31 heavy (non-hydrogen) atoms. The standard InChI is InChI=1S/C24H50NO5P/c1-6-7-8-9-10-11-12-13-14-15-16-17-18-19-24(26)23(2)22-30-31(27,28)29-21-20-25(3,4)5/h18-19,23-24,26H,6-17,20-22H2,1-5H3/p+1/b19-18+/t23-,24+/m0/s1. The van der Waals surface area contributed by atoms with Crippen LogP contribution in [0.2, 0.25) is 0 Å². The molecule has 0 rings (SSSR count). The lowest BCUT2D eigenvalue weighted by molar-refractivity contribution is -0.870. The maximum absolute atomic E-state index is 11.9. The highest BCUT2D eigenvalue weighted by molar-refractivity contribution is 7.47. The SMILES string of the molecule is CCCCCCCCCCCCC/C=C/[C@@H](O)[C@@H](C)COP(=O)(O)OCC[N+](C)(C)C. The molecular formula is C24H51NO5P+. The molecule has 0 saturated heterocycles. The van der Waals surface area contributed by atoms with Crippen molar-refractivity contribution in [2.24, 2.45) is 5.92 Å². The Bertz CT molecular complexity index is 493. The molecule has 0 amide bonds. The second-order valence-corrected chi connectivity index (χ2v) is 11.3. The molecule has 0 aromatic heterocycles. The van der Waals surface area contributed by atoms with Crippen LogP contribution < -0.4 is 0 Å². The van der Waals surface area contributed by atoms with E-state index in [2.05, 4.69) is 6.92 Å². The average molecular weight is 465 g/mol. The summed E-state index contributed by atoms with van der Waals surface area (Å²) >= 11 is 0. The van der Waals surface area contributed by atoms with Gasteiger partial charge < -0.3 is 14.5 Å². The third kappa shape index (κ3) is 21.4. The summed E-state index contributed by atoms with van der Waals surface area (Å²) in [5, 5.41) is 10.2. The Hall–Kier alpha value is -0.230. The number of rotatable bonds is 21. The minimum Gasteiger partial charge on any atom is -0.389 e. The molecule has 0 aliphatic carbocycles. The number of hydrogen-bond acceptors (Lipinski definition) is 4. The van der Waals surface area contributed by atoms with E-state index in [9.17, 15) is 14.6 Å². The molecule has 0 fully saturated rings. The monoisotopic (exact) mass is 464 g/mol. The lowest BCUT2D eigenvalue weighted by atomic mass is 10.0. The van der Waals surface area contributed by atoms with Crippen molar-refractivity contribution in [3.05, 3.63) is 12.2 Å². The Kier molecular flexibility index (Phi) is 18.1. The first kappa shape index (κ1) is 30.8. The summed E-state index contributed by atoms with van der Waals surface area (Å²) in [6, 6.07) is 0. The molecule has 6 nitrogen and oxygen atoms in total. The van der Waals surface area contributed by atoms with Crippen LogP contribution >= 0.6 is 7.82 Å². The molecule has 0 bridgehead atoms. The Labute approximate surface area is 192 Å². The number of quaternary nitrogens is 1. The van der Waals surface area contributed by atoms with Crippen LogP contribution in [0.4, 0.5) is 0 Å². The van der Waals surface area contributed by atoms with Crippen molar-refractivity contribution in [3.63, 3.8) is 0 Å². The van der Waals surface area contributed by atoms with Crippen LogP contribution in [0.3, 0.4) is 0 Å². The summed E-state index contributed by atoms with van der Waals surface area (Å²) in [6.45, 7) is 4.78. The highest BCUT2D eigenvalue weighted by Gasteiger charge is 2.24. The number of aliphatic hydroxyl groups excluding tert-OH is 1. The number of likely N-dealkylation sites (N-methyl/N-ethyl adjacent to an activating group) is 1. The van der Waals surface area contributed by atoms with Gasteiger partial charge in [0.1, 0.15) is 13.2 Å². The van der Waals surface area contributed by atoms with Gasteiger partial charge in [0.25, 0.3) is 0 Å². The fourth-order valence-corrected chi connectivity index (χ4v) is 3.94. The second kappa shape index (κ2) is 18.2. The molecule has 0 radical (unpaired) electrons. The van der Waals surface area contributed by atoms with E-state index in [-0.39, 0.29) is 19.1 Å². The van der Waals surface area contributed by atoms with Crippen LogP contribution in [0.1, 0.15) is 90.9 Å². The van der Waals surface area contributed by atoms with E-state index in [1.165, 1.54) is 64.2 Å². The summed E-state index contributed by atoms with van der Waals surface area (Å²) in [4.78, 5) is 9.75. The number of hydrogen-bond donors (Lipinski definition) is 2. The summed E-state index contributed by atoms with van der Waals surface area (Å²) in [6.07, 6.45) is 18.6. The van der Waals surface area contributed by atoms with Crippen LogP contribution in [-0.4, -0.2) is 61.5 Å². The number of aliphatic hydroxyl groups is 1. The van der Waals surface area contributed by atoms with E-state index in [0.717, 1.165) is 12.8 Å².